The van der Waals surface area contributed by atoms with Crippen molar-refractivity contribution in [2.45, 2.75) is 45.3 Å². The van der Waals surface area contributed by atoms with Crippen molar-refractivity contribution in [1.82, 2.24) is 14.1 Å². The molecule has 0 aliphatic rings. The Morgan fingerprint density at radius 3 is 1.79 bits per heavy atom. The maximum Gasteiger partial charge on any atom is 0.238 e. The lowest BCUT2D eigenvalue weighted by Crippen LogP contribution is -2.39. The molecule has 0 aliphatic carbocycles. The van der Waals surface area contributed by atoms with Gasteiger partial charge in [-0.3, -0.25) is 4.57 Å². The summed E-state index contributed by atoms with van der Waals surface area (Å²) in [5.74, 6) is -0.564. The zero-order valence-electron chi connectivity index (χ0n) is 18.2. The molecule has 1 N–H and O–H groups in total. The number of nitrogens with one attached hydrogen (secondary N) is 1. The second-order valence-electron chi connectivity index (χ2n) is 6.88. The Hall–Kier alpha value is -1.30. The van der Waals surface area contributed by atoms with Crippen LogP contribution in [0.5, 0.6) is 0 Å². The maximum atomic E-state index is 14.7. The molecule has 160 valence electrons. The largest absolute Gasteiger partial charge is 0.287 e. The summed E-state index contributed by atoms with van der Waals surface area (Å²) in [4.78, 5) is 0.683. The Morgan fingerprint density at radius 1 is 0.862 bits per heavy atom. The third-order valence-electron chi connectivity index (χ3n) is 5.18. The van der Waals surface area contributed by atoms with E-state index in [1.165, 1.54) is 0 Å². The molecule has 2 aromatic rings. The van der Waals surface area contributed by atoms with E-state index in [9.17, 15) is 8.77 Å². The number of hydrogen-bond donors (Lipinski definition) is 1. The molecule has 7 heteroatoms. The van der Waals surface area contributed by atoms with E-state index in [0.717, 1.165) is 11.1 Å². The van der Waals surface area contributed by atoms with E-state index in [2.05, 4.69) is 4.72 Å². The normalized spacial score (nSPS) is 14.3. The number of benzene rings is 2. The summed E-state index contributed by atoms with van der Waals surface area (Å²) in [6.45, 7) is 12.7. The van der Waals surface area contributed by atoms with Crippen LogP contribution in [0.1, 0.15) is 44.6 Å². The van der Waals surface area contributed by atoms with Gasteiger partial charge in [-0.15, -0.1) is 0 Å². The first kappa shape index (κ1) is 24.0. The fourth-order valence-corrected chi connectivity index (χ4v) is 8.45. The monoisotopic (exact) mass is 435 g/mol. The molecule has 0 heterocycles. The molecule has 0 fully saturated rings. The number of nitrogens with zero attached hydrogens (tertiary/aromatic N) is 2. The van der Waals surface area contributed by atoms with Gasteiger partial charge in [0.2, 0.25) is 7.44 Å². The van der Waals surface area contributed by atoms with Gasteiger partial charge in [-0.25, -0.2) is 18.3 Å². The molecule has 2 aromatic carbocycles. The van der Waals surface area contributed by atoms with Crippen LogP contribution in [0.3, 0.4) is 0 Å². The molecule has 5 nitrogen and oxygen atoms in total. The first-order chi connectivity index (χ1) is 13.9. The van der Waals surface area contributed by atoms with Crippen molar-refractivity contribution >= 4 is 18.4 Å². The van der Waals surface area contributed by atoms with E-state index in [1.807, 2.05) is 98.6 Å². The first-order valence-corrected chi connectivity index (χ1v) is 13.1. The van der Waals surface area contributed by atoms with E-state index in [-0.39, 0.29) is 0 Å². The summed E-state index contributed by atoms with van der Waals surface area (Å²) < 4.78 is 35.2. The van der Waals surface area contributed by atoms with Crippen molar-refractivity contribution in [1.29, 1.82) is 0 Å². The van der Waals surface area contributed by atoms with Gasteiger partial charge in [-0.1, -0.05) is 75.7 Å². The summed E-state index contributed by atoms with van der Waals surface area (Å²) in [7, 11) is -4.58. The van der Waals surface area contributed by atoms with E-state index in [1.54, 1.807) is 0 Å². The highest BCUT2D eigenvalue weighted by atomic mass is 32.2. The predicted molar refractivity (Wildman–Crippen MR) is 123 cm³/mol. The second kappa shape index (κ2) is 11.2. The van der Waals surface area contributed by atoms with Gasteiger partial charge in [0, 0.05) is 26.2 Å². The van der Waals surface area contributed by atoms with Gasteiger partial charge >= 0.3 is 0 Å². The van der Waals surface area contributed by atoms with Crippen LogP contribution in [0.2, 0.25) is 0 Å². The van der Waals surface area contributed by atoms with E-state index >= 15 is 0 Å². The molecule has 2 rings (SSSR count). The van der Waals surface area contributed by atoms with Gasteiger partial charge in [0.25, 0.3) is 0 Å². The molecule has 2 atom stereocenters. The minimum atomic E-state index is -3.09. The fraction of sp³-hybridized carbons (Fsp3) is 0.455. The Bertz CT molecular complexity index is 806. The summed E-state index contributed by atoms with van der Waals surface area (Å²) in [6, 6.07) is 17.4. The zero-order chi connectivity index (χ0) is 21.4. The van der Waals surface area contributed by atoms with Crippen LogP contribution in [0.4, 0.5) is 0 Å². The van der Waals surface area contributed by atoms with Gasteiger partial charge in [0.15, 0.2) is 0 Å². The van der Waals surface area contributed by atoms with E-state index < -0.39 is 24.2 Å². The van der Waals surface area contributed by atoms with Crippen molar-refractivity contribution in [2.24, 2.45) is 0 Å². The Morgan fingerprint density at radius 2 is 1.34 bits per heavy atom. The molecule has 0 saturated heterocycles. The topological polar surface area (TPSA) is 52.7 Å². The average Bonchev–Trinajstić information content (AvgIpc) is 2.74. The van der Waals surface area contributed by atoms with Crippen LogP contribution in [-0.2, 0) is 15.6 Å². The maximum absolute atomic E-state index is 14.7. The average molecular weight is 436 g/mol. The van der Waals surface area contributed by atoms with Crippen molar-refractivity contribution in [3.63, 3.8) is 0 Å². The van der Waals surface area contributed by atoms with Gasteiger partial charge in [-0.2, -0.15) is 0 Å². The molecule has 29 heavy (non-hydrogen) atoms. The molecule has 0 spiro atoms. The smallest absolute Gasteiger partial charge is 0.238 e. The minimum Gasteiger partial charge on any atom is -0.287 e. The van der Waals surface area contributed by atoms with Crippen LogP contribution in [0, 0.1) is 6.92 Å². The molecule has 0 bridgehead atoms. The minimum absolute atomic E-state index is 0.564. The Balaban J connectivity index is 2.56. The fourth-order valence-electron chi connectivity index (χ4n) is 3.56. The second-order valence-corrected chi connectivity index (χ2v) is 11.0. The molecular weight excluding hydrogens is 401 g/mol. The number of hydrogen-bond acceptors (Lipinski definition) is 2. The van der Waals surface area contributed by atoms with Crippen LogP contribution in [0.25, 0.3) is 0 Å². The van der Waals surface area contributed by atoms with Gasteiger partial charge in [0.1, 0.15) is 16.8 Å². The molecule has 0 aromatic heterocycles. The van der Waals surface area contributed by atoms with Gasteiger partial charge in [-0.05, 0) is 24.6 Å². The predicted octanol–water partition coefficient (Wildman–Crippen LogP) is 5.18. The lowest BCUT2D eigenvalue weighted by Gasteiger charge is -2.42. The molecule has 2 unspecified atom stereocenters. The number of rotatable bonds is 11. The van der Waals surface area contributed by atoms with Crippen molar-refractivity contribution < 1.29 is 8.77 Å². The zero-order valence-corrected chi connectivity index (χ0v) is 19.9. The summed E-state index contributed by atoms with van der Waals surface area (Å²) in [5.41, 5.74) is 2.00. The quantitative estimate of drug-likeness (QED) is 0.494. The lowest BCUT2D eigenvalue weighted by atomic mass is 10.2. The molecule has 0 amide bonds. The third-order valence-corrected chi connectivity index (χ3v) is 10.4. The van der Waals surface area contributed by atoms with Crippen molar-refractivity contribution in [3.8, 4) is 0 Å². The molecule has 0 saturated carbocycles. The lowest BCUT2D eigenvalue weighted by molar-refractivity contribution is 0.347. The highest BCUT2D eigenvalue weighted by Crippen LogP contribution is 2.63. The molecule has 0 aliphatic heterocycles. The van der Waals surface area contributed by atoms with Crippen LogP contribution >= 0.6 is 7.44 Å². The van der Waals surface area contributed by atoms with Crippen LogP contribution < -0.4 is 4.72 Å². The summed E-state index contributed by atoms with van der Waals surface area (Å²) in [6.07, 6.45) is 0. The van der Waals surface area contributed by atoms with Gasteiger partial charge in [0.05, 0.1) is 4.90 Å². The van der Waals surface area contributed by atoms with Crippen molar-refractivity contribution in [3.05, 3.63) is 65.7 Å². The van der Waals surface area contributed by atoms with Crippen LogP contribution in [-0.4, -0.2) is 39.7 Å². The van der Waals surface area contributed by atoms with E-state index in [4.69, 9.17) is 0 Å². The molecular formula is C22H34N3O2PS. The van der Waals surface area contributed by atoms with E-state index in [0.29, 0.717) is 31.1 Å². The highest BCUT2D eigenvalue weighted by Gasteiger charge is 2.43. The molecule has 0 radical (unpaired) electrons. The summed E-state index contributed by atoms with van der Waals surface area (Å²) in [5, 5.41) is 0. The standard InChI is InChI=1S/C22H34N3O2PS/c1-6-24(7-2)28(26,25(8-3)9-4)22(20-13-11-10-12-14-20)23-29(27)21-17-15-19(5)16-18-21/h10-18,22-23H,6-9H2,1-5H3. The Kier molecular flexibility index (Phi) is 9.25. The first-order valence-electron chi connectivity index (χ1n) is 10.3. The SMILES string of the molecule is CCN(CC)P(=O)(C(NS(=O)c1ccc(C)cc1)c1ccccc1)N(CC)CC. The third kappa shape index (κ3) is 5.44. The van der Waals surface area contributed by atoms with Gasteiger partial charge < -0.3 is 0 Å². The Labute approximate surface area is 178 Å². The van der Waals surface area contributed by atoms with Crippen LogP contribution in [0.15, 0.2) is 59.5 Å². The number of aryl methyl sites for hydroxylation is 1. The van der Waals surface area contributed by atoms with Crippen molar-refractivity contribution in [2.75, 3.05) is 26.2 Å². The summed E-state index contributed by atoms with van der Waals surface area (Å²) >= 11 is 0. The highest BCUT2D eigenvalue weighted by molar-refractivity contribution is 7.83.